The zero-order valence-electron chi connectivity index (χ0n) is 9.69. The SMILES string of the molecule is CNc1cc(C(F)(F)F)nc2cc(F)c(C)cc12. The Morgan fingerprint density at radius 2 is 1.83 bits per heavy atom. The highest BCUT2D eigenvalue weighted by Gasteiger charge is 2.33. The zero-order valence-corrected chi connectivity index (χ0v) is 9.69. The normalized spacial score (nSPS) is 11.9. The van der Waals surface area contributed by atoms with Gasteiger partial charge in [0.2, 0.25) is 0 Å². The van der Waals surface area contributed by atoms with Crippen molar-refractivity contribution in [1.82, 2.24) is 4.98 Å². The Kier molecular flexibility index (Phi) is 2.88. The third-order valence-corrected chi connectivity index (χ3v) is 2.65. The van der Waals surface area contributed by atoms with E-state index in [4.69, 9.17) is 0 Å². The van der Waals surface area contributed by atoms with E-state index in [1.807, 2.05) is 0 Å². The molecular weight excluding hydrogens is 248 g/mol. The number of hydrogen-bond donors (Lipinski definition) is 1. The van der Waals surface area contributed by atoms with Crippen molar-refractivity contribution < 1.29 is 17.6 Å². The van der Waals surface area contributed by atoms with E-state index in [-0.39, 0.29) is 11.2 Å². The van der Waals surface area contributed by atoms with Crippen LogP contribution in [0.5, 0.6) is 0 Å². The summed E-state index contributed by atoms with van der Waals surface area (Å²) in [6.45, 7) is 1.55. The first-order valence-corrected chi connectivity index (χ1v) is 5.19. The van der Waals surface area contributed by atoms with Crippen LogP contribution in [0.4, 0.5) is 23.2 Å². The molecule has 0 amide bonds. The van der Waals surface area contributed by atoms with Crippen LogP contribution in [0.15, 0.2) is 18.2 Å². The number of alkyl halides is 3. The molecule has 0 aliphatic carbocycles. The Balaban J connectivity index is 2.80. The summed E-state index contributed by atoms with van der Waals surface area (Å²) in [5, 5.41) is 3.13. The summed E-state index contributed by atoms with van der Waals surface area (Å²) in [5.41, 5.74) is -0.420. The van der Waals surface area contributed by atoms with Gasteiger partial charge in [0, 0.05) is 24.2 Å². The van der Waals surface area contributed by atoms with Crippen molar-refractivity contribution in [3.05, 3.63) is 35.3 Å². The van der Waals surface area contributed by atoms with Crippen LogP contribution >= 0.6 is 0 Å². The Morgan fingerprint density at radius 3 is 2.39 bits per heavy atom. The fourth-order valence-corrected chi connectivity index (χ4v) is 1.71. The van der Waals surface area contributed by atoms with E-state index < -0.39 is 17.7 Å². The van der Waals surface area contributed by atoms with Crippen molar-refractivity contribution in [2.24, 2.45) is 0 Å². The fourth-order valence-electron chi connectivity index (χ4n) is 1.71. The van der Waals surface area contributed by atoms with Crippen molar-refractivity contribution in [3.63, 3.8) is 0 Å². The molecule has 2 rings (SSSR count). The third kappa shape index (κ3) is 2.10. The van der Waals surface area contributed by atoms with E-state index in [0.29, 0.717) is 10.9 Å². The number of pyridine rings is 1. The monoisotopic (exact) mass is 258 g/mol. The quantitative estimate of drug-likeness (QED) is 0.788. The molecule has 1 N–H and O–H groups in total. The largest absolute Gasteiger partial charge is 0.433 e. The molecule has 2 nitrogen and oxygen atoms in total. The van der Waals surface area contributed by atoms with E-state index in [1.54, 1.807) is 6.92 Å². The van der Waals surface area contributed by atoms with Crippen LogP contribution in [-0.2, 0) is 6.18 Å². The second-order valence-electron chi connectivity index (χ2n) is 3.92. The topological polar surface area (TPSA) is 24.9 Å². The van der Waals surface area contributed by atoms with E-state index in [9.17, 15) is 17.6 Å². The van der Waals surface area contributed by atoms with Gasteiger partial charge < -0.3 is 5.32 Å². The van der Waals surface area contributed by atoms with Gasteiger partial charge in [-0.25, -0.2) is 9.37 Å². The number of fused-ring (bicyclic) bond motifs is 1. The van der Waals surface area contributed by atoms with Crippen LogP contribution in [0.1, 0.15) is 11.3 Å². The molecule has 0 aliphatic heterocycles. The predicted molar refractivity (Wildman–Crippen MR) is 61.0 cm³/mol. The molecule has 96 valence electrons. The molecule has 18 heavy (non-hydrogen) atoms. The van der Waals surface area contributed by atoms with E-state index in [1.165, 1.54) is 13.1 Å². The summed E-state index contributed by atoms with van der Waals surface area (Å²) in [4.78, 5) is 3.45. The molecule has 1 aromatic carbocycles. The predicted octanol–water partition coefficient (Wildman–Crippen LogP) is 3.74. The van der Waals surface area contributed by atoms with Gasteiger partial charge in [0.15, 0.2) is 0 Å². The number of halogens is 4. The van der Waals surface area contributed by atoms with Crippen molar-refractivity contribution in [1.29, 1.82) is 0 Å². The van der Waals surface area contributed by atoms with E-state index >= 15 is 0 Å². The van der Waals surface area contributed by atoms with Crippen molar-refractivity contribution in [2.75, 3.05) is 12.4 Å². The van der Waals surface area contributed by atoms with Gasteiger partial charge in [-0.1, -0.05) is 0 Å². The number of aromatic nitrogens is 1. The van der Waals surface area contributed by atoms with Gasteiger partial charge in [0.1, 0.15) is 11.5 Å². The zero-order chi connectivity index (χ0) is 13.5. The van der Waals surface area contributed by atoms with Crippen LogP contribution < -0.4 is 5.32 Å². The molecule has 6 heteroatoms. The third-order valence-electron chi connectivity index (χ3n) is 2.65. The molecule has 2 aromatic rings. The number of nitrogens with one attached hydrogen (secondary N) is 1. The summed E-state index contributed by atoms with van der Waals surface area (Å²) in [5.74, 6) is -0.573. The molecule has 0 saturated heterocycles. The summed E-state index contributed by atoms with van der Waals surface area (Å²) >= 11 is 0. The first-order chi connectivity index (χ1) is 8.32. The molecule has 1 aromatic heterocycles. The molecule has 0 aliphatic rings. The molecule has 0 radical (unpaired) electrons. The highest BCUT2D eigenvalue weighted by atomic mass is 19.4. The van der Waals surface area contributed by atoms with E-state index in [0.717, 1.165) is 12.1 Å². The van der Waals surface area contributed by atoms with Gasteiger partial charge in [-0.05, 0) is 24.6 Å². The summed E-state index contributed by atoms with van der Waals surface area (Å²) < 4.78 is 51.3. The lowest BCUT2D eigenvalue weighted by molar-refractivity contribution is -0.140. The van der Waals surface area contributed by atoms with Gasteiger partial charge >= 0.3 is 6.18 Å². The lowest BCUT2D eigenvalue weighted by atomic mass is 10.1. The highest BCUT2D eigenvalue weighted by molar-refractivity contribution is 5.92. The minimum atomic E-state index is -4.55. The molecule has 0 saturated carbocycles. The van der Waals surface area contributed by atoms with Gasteiger partial charge in [0.05, 0.1) is 5.52 Å². The summed E-state index contributed by atoms with van der Waals surface area (Å²) in [6.07, 6.45) is -4.55. The summed E-state index contributed by atoms with van der Waals surface area (Å²) in [7, 11) is 1.51. The minimum Gasteiger partial charge on any atom is -0.388 e. The number of nitrogens with zero attached hydrogens (tertiary/aromatic N) is 1. The lowest BCUT2D eigenvalue weighted by Gasteiger charge is -2.12. The number of hydrogen-bond acceptors (Lipinski definition) is 2. The molecule has 0 spiro atoms. The van der Waals surface area contributed by atoms with Crippen LogP contribution in [0.25, 0.3) is 10.9 Å². The van der Waals surface area contributed by atoms with Gasteiger partial charge in [-0.3, -0.25) is 0 Å². The second kappa shape index (κ2) is 4.12. The molecule has 0 unspecified atom stereocenters. The van der Waals surface area contributed by atoms with Gasteiger partial charge in [-0.15, -0.1) is 0 Å². The summed E-state index contributed by atoms with van der Waals surface area (Å²) in [6, 6.07) is 3.41. The molecule has 0 atom stereocenters. The number of anilines is 1. The lowest BCUT2D eigenvalue weighted by Crippen LogP contribution is -2.09. The van der Waals surface area contributed by atoms with Crippen molar-refractivity contribution >= 4 is 16.6 Å². The van der Waals surface area contributed by atoms with Crippen LogP contribution in [0, 0.1) is 12.7 Å². The maximum Gasteiger partial charge on any atom is 0.433 e. The van der Waals surface area contributed by atoms with Gasteiger partial charge in [-0.2, -0.15) is 13.2 Å². The highest BCUT2D eigenvalue weighted by Crippen LogP contribution is 2.33. The van der Waals surface area contributed by atoms with Gasteiger partial charge in [0.25, 0.3) is 0 Å². The number of aryl methyl sites for hydroxylation is 1. The smallest absolute Gasteiger partial charge is 0.388 e. The second-order valence-corrected chi connectivity index (χ2v) is 3.92. The maximum atomic E-state index is 13.4. The molecule has 0 bridgehead atoms. The van der Waals surface area contributed by atoms with E-state index in [2.05, 4.69) is 10.3 Å². The minimum absolute atomic E-state index is 0.0164. The van der Waals surface area contributed by atoms with Crippen LogP contribution in [0.3, 0.4) is 0 Å². The Morgan fingerprint density at radius 1 is 1.17 bits per heavy atom. The molecule has 0 fully saturated rings. The number of rotatable bonds is 1. The van der Waals surface area contributed by atoms with Crippen molar-refractivity contribution in [2.45, 2.75) is 13.1 Å². The fraction of sp³-hybridized carbons (Fsp3) is 0.250. The van der Waals surface area contributed by atoms with Crippen LogP contribution in [0.2, 0.25) is 0 Å². The van der Waals surface area contributed by atoms with Crippen LogP contribution in [-0.4, -0.2) is 12.0 Å². The Labute approximate surface area is 101 Å². The standard InChI is InChI=1S/C12H10F4N2/c1-6-3-7-9(17-2)5-11(12(14,15)16)18-10(7)4-8(6)13/h3-5H,1-2H3,(H,17,18). The first-order valence-electron chi connectivity index (χ1n) is 5.19. The number of benzene rings is 1. The maximum absolute atomic E-state index is 13.4. The Hall–Kier alpha value is -1.85. The molecule has 1 heterocycles. The van der Waals surface area contributed by atoms with Crippen molar-refractivity contribution in [3.8, 4) is 0 Å². The average molecular weight is 258 g/mol. The first kappa shape index (κ1) is 12.6. The average Bonchev–Trinajstić information content (AvgIpc) is 2.28. The molecular formula is C12H10F4N2. The Bertz CT molecular complexity index is 605.